The van der Waals surface area contributed by atoms with E-state index in [2.05, 4.69) is 51.6 Å². The number of amides is 2. The molecule has 2 N–H and O–H groups in total. The van der Waals surface area contributed by atoms with E-state index in [4.69, 9.17) is 21.5 Å². The summed E-state index contributed by atoms with van der Waals surface area (Å²) in [6.07, 6.45) is 5.51. The molecule has 4 atom stereocenters. The summed E-state index contributed by atoms with van der Waals surface area (Å²) in [6.45, 7) is -0.154. The van der Waals surface area contributed by atoms with Gasteiger partial charge in [-0.1, -0.05) is 146 Å². The Hall–Kier alpha value is -5.66. The lowest BCUT2D eigenvalue weighted by Crippen LogP contribution is -2.59. The smallest absolute Gasteiger partial charge is 0.255 e. The number of benzene rings is 5. The number of nitrogens with zero attached hydrogens (tertiary/aromatic N) is 4. The average Bonchev–Trinajstić information content (AvgIpc) is 3.71. The molecule has 0 saturated heterocycles. The van der Waals surface area contributed by atoms with Crippen LogP contribution in [0.4, 0.5) is 0 Å². The first-order valence-electron chi connectivity index (χ1n) is 19.3. The molecular formula is C45H43ClN6O5S. The molecule has 13 heteroatoms. The second-order valence-corrected chi connectivity index (χ2v) is 17.0. The minimum atomic E-state index is -3.60. The molecular weight excluding hydrogens is 772 g/mol. The summed E-state index contributed by atoms with van der Waals surface area (Å²) >= 11 is 6.33. The van der Waals surface area contributed by atoms with E-state index in [9.17, 15) is 18.0 Å². The SMILES string of the molecule is CS(=O)(=O)N[C@H]1CCCC[C@@H]1N1C(=O)c2ccccc2[C@@H](C(=O)NOCc2ncn(C(c3ccccc3)(c3ccccc3)c3ccccc3)n2)[C@@H]1c1ccc(Cl)cc1. The molecule has 0 spiro atoms. The molecule has 8 rings (SSSR count). The van der Waals surface area contributed by atoms with Gasteiger partial charge in [0.25, 0.3) is 11.8 Å². The third-order valence-electron chi connectivity index (χ3n) is 11.2. The predicted molar refractivity (Wildman–Crippen MR) is 221 cm³/mol. The van der Waals surface area contributed by atoms with Crippen LogP contribution in [0.1, 0.15) is 81.6 Å². The molecule has 1 fully saturated rings. The topological polar surface area (TPSA) is 136 Å². The molecule has 0 radical (unpaired) electrons. The van der Waals surface area contributed by atoms with E-state index in [1.54, 1.807) is 59.8 Å². The fraction of sp³-hybridized carbons (Fsp3) is 0.244. The number of halogens is 1. The molecule has 0 bridgehead atoms. The van der Waals surface area contributed by atoms with Crippen molar-refractivity contribution in [3.05, 3.63) is 190 Å². The number of carbonyl (C=O) groups excluding carboxylic acids is 2. The number of aromatic nitrogens is 3. The summed E-state index contributed by atoms with van der Waals surface area (Å²) in [6, 6.07) is 42.6. The van der Waals surface area contributed by atoms with Crippen LogP contribution in [0.15, 0.2) is 146 Å². The number of hydrogen-bond acceptors (Lipinski definition) is 7. The van der Waals surface area contributed by atoms with Crippen LogP contribution in [-0.2, 0) is 31.8 Å². The van der Waals surface area contributed by atoms with Crippen LogP contribution >= 0.6 is 11.6 Å². The van der Waals surface area contributed by atoms with Gasteiger partial charge >= 0.3 is 0 Å². The first kappa shape index (κ1) is 39.2. The van der Waals surface area contributed by atoms with Crippen molar-refractivity contribution >= 4 is 33.4 Å². The number of sulfonamides is 1. The van der Waals surface area contributed by atoms with E-state index in [1.807, 2.05) is 59.3 Å². The van der Waals surface area contributed by atoms with Crippen LogP contribution in [0.25, 0.3) is 0 Å². The fourth-order valence-electron chi connectivity index (χ4n) is 8.77. The van der Waals surface area contributed by atoms with Crippen LogP contribution in [0, 0.1) is 0 Å². The standard InChI is InChI=1S/C45H43ClN6O5S/c1-58(55,56)50-38-23-13-14-24-39(38)52-42(31-25-27-35(46)28-26-31)41(36-21-11-12-22-37(36)44(52)54)43(53)49-57-29-40-47-30-51(48-40)45(32-15-5-2-6-16-32,33-17-7-3-8-18-33)34-19-9-4-10-20-34/h2-12,15-22,25-28,30,38-39,41-42,50H,13-14,23-24,29H2,1H3,(H,49,53)/t38-,39-,41+,42-/m0/s1. The number of hydrogen-bond donors (Lipinski definition) is 2. The molecule has 0 unspecified atom stereocenters. The van der Waals surface area contributed by atoms with Crippen molar-refractivity contribution in [3.63, 3.8) is 0 Å². The summed E-state index contributed by atoms with van der Waals surface area (Å²) in [7, 11) is -3.60. The van der Waals surface area contributed by atoms with Gasteiger partial charge in [-0.3, -0.25) is 14.4 Å². The Balaban J connectivity index is 1.12. The van der Waals surface area contributed by atoms with E-state index in [-0.39, 0.29) is 12.5 Å². The molecule has 2 amide bonds. The van der Waals surface area contributed by atoms with E-state index in [0.29, 0.717) is 40.4 Å². The number of hydroxylamine groups is 1. The van der Waals surface area contributed by atoms with Gasteiger partial charge < -0.3 is 4.90 Å². The quantitative estimate of drug-likeness (QED) is 0.0989. The Morgan fingerprint density at radius 1 is 0.810 bits per heavy atom. The van der Waals surface area contributed by atoms with E-state index in [1.165, 1.54) is 0 Å². The van der Waals surface area contributed by atoms with Gasteiger partial charge in [0.05, 0.1) is 18.2 Å². The van der Waals surface area contributed by atoms with Gasteiger partial charge in [0, 0.05) is 22.7 Å². The first-order valence-corrected chi connectivity index (χ1v) is 21.6. The minimum Gasteiger partial charge on any atom is -0.326 e. The minimum absolute atomic E-state index is 0.154. The lowest BCUT2D eigenvalue weighted by Gasteiger charge is -2.49. The van der Waals surface area contributed by atoms with Gasteiger partial charge in [-0.05, 0) is 58.9 Å². The maximum Gasteiger partial charge on any atom is 0.255 e. The Morgan fingerprint density at radius 2 is 1.38 bits per heavy atom. The van der Waals surface area contributed by atoms with Gasteiger partial charge in [-0.2, -0.15) is 5.10 Å². The summed E-state index contributed by atoms with van der Waals surface area (Å²) in [5, 5.41) is 5.46. The van der Waals surface area contributed by atoms with Crippen molar-refractivity contribution in [2.45, 2.75) is 61.9 Å². The van der Waals surface area contributed by atoms with Crippen molar-refractivity contribution in [1.82, 2.24) is 29.9 Å². The van der Waals surface area contributed by atoms with Crippen molar-refractivity contribution in [2.24, 2.45) is 0 Å². The highest BCUT2D eigenvalue weighted by molar-refractivity contribution is 7.88. The molecule has 1 aliphatic carbocycles. The molecule has 1 aliphatic heterocycles. The van der Waals surface area contributed by atoms with Crippen molar-refractivity contribution in [1.29, 1.82) is 0 Å². The lowest BCUT2D eigenvalue weighted by atomic mass is 9.76. The third-order valence-corrected chi connectivity index (χ3v) is 12.1. The largest absolute Gasteiger partial charge is 0.326 e. The summed E-state index contributed by atoms with van der Waals surface area (Å²) in [4.78, 5) is 41.5. The Labute approximate surface area is 343 Å². The zero-order valence-electron chi connectivity index (χ0n) is 31.8. The number of rotatable bonds is 12. The van der Waals surface area contributed by atoms with Crippen molar-refractivity contribution in [3.8, 4) is 0 Å². The number of nitrogens with one attached hydrogen (secondary N) is 2. The maximum absolute atomic E-state index is 14.6. The van der Waals surface area contributed by atoms with Crippen LogP contribution < -0.4 is 10.2 Å². The first-order chi connectivity index (χ1) is 28.1. The fourth-order valence-corrected chi connectivity index (χ4v) is 9.72. The summed E-state index contributed by atoms with van der Waals surface area (Å²) < 4.78 is 29.7. The van der Waals surface area contributed by atoms with Crippen LogP contribution in [0.5, 0.6) is 0 Å². The van der Waals surface area contributed by atoms with E-state index < -0.39 is 45.5 Å². The number of fused-ring (bicyclic) bond motifs is 1. The van der Waals surface area contributed by atoms with Crippen LogP contribution in [-0.4, -0.2) is 58.2 Å². The second kappa shape index (κ2) is 16.7. The molecule has 2 heterocycles. The molecule has 5 aromatic carbocycles. The number of carbonyl (C=O) groups is 2. The Kier molecular flexibility index (Phi) is 11.3. The maximum atomic E-state index is 14.6. The van der Waals surface area contributed by atoms with Crippen molar-refractivity contribution < 1.29 is 22.8 Å². The molecule has 1 saturated carbocycles. The molecule has 296 valence electrons. The molecule has 11 nitrogen and oxygen atoms in total. The molecule has 58 heavy (non-hydrogen) atoms. The summed E-state index contributed by atoms with van der Waals surface area (Å²) in [5.41, 5.74) is 6.32. The van der Waals surface area contributed by atoms with Crippen molar-refractivity contribution in [2.75, 3.05) is 6.26 Å². The van der Waals surface area contributed by atoms with Crippen LogP contribution in [0.2, 0.25) is 5.02 Å². The molecule has 1 aromatic heterocycles. The highest BCUT2D eigenvalue weighted by atomic mass is 35.5. The van der Waals surface area contributed by atoms with Gasteiger partial charge in [-0.15, -0.1) is 0 Å². The third kappa shape index (κ3) is 7.68. The monoisotopic (exact) mass is 814 g/mol. The highest BCUT2D eigenvalue weighted by Crippen LogP contribution is 2.46. The Morgan fingerprint density at radius 3 is 1.98 bits per heavy atom. The Bertz CT molecular complexity index is 2390. The highest BCUT2D eigenvalue weighted by Gasteiger charge is 2.49. The van der Waals surface area contributed by atoms with E-state index in [0.717, 1.165) is 35.8 Å². The second-order valence-electron chi connectivity index (χ2n) is 14.8. The molecule has 2 aliphatic rings. The normalized spacial score (nSPS) is 19.7. The lowest BCUT2D eigenvalue weighted by molar-refractivity contribution is -0.138. The van der Waals surface area contributed by atoms with Gasteiger partial charge in [0.2, 0.25) is 10.0 Å². The van der Waals surface area contributed by atoms with Gasteiger partial charge in [0.15, 0.2) is 5.82 Å². The van der Waals surface area contributed by atoms with Gasteiger partial charge in [-0.25, -0.2) is 28.3 Å². The van der Waals surface area contributed by atoms with E-state index >= 15 is 0 Å². The zero-order chi connectivity index (χ0) is 40.3. The van der Waals surface area contributed by atoms with Gasteiger partial charge in [0.1, 0.15) is 18.5 Å². The predicted octanol–water partition coefficient (Wildman–Crippen LogP) is 7.16. The zero-order valence-corrected chi connectivity index (χ0v) is 33.4. The summed E-state index contributed by atoms with van der Waals surface area (Å²) in [5.74, 6) is -1.36. The molecule has 6 aromatic rings. The average molecular weight is 815 g/mol. The van der Waals surface area contributed by atoms with Crippen LogP contribution in [0.3, 0.4) is 0 Å².